The zero-order valence-corrected chi connectivity index (χ0v) is 24.4. The van der Waals surface area contributed by atoms with Crippen molar-refractivity contribution in [2.45, 2.75) is 109 Å². The number of carboxylic acids is 1. The number of nitrogens with two attached hydrogens (primary N) is 2. The molecule has 0 unspecified atom stereocenters. The minimum absolute atomic E-state index is 0.00829. The van der Waals surface area contributed by atoms with E-state index in [9.17, 15) is 38.7 Å². The molecule has 1 aliphatic carbocycles. The molecule has 0 bridgehead atoms. The van der Waals surface area contributed by atoms with Gasteiger partial charge in [-0.2, -0.15) is 0 Å². The van der Waals surface area contributed by atoms with E-state index in [1.54, 1.807) is 0 Å². The van der Waals surface area contributed by atoms with Crippen LogP contribution >= 0.6 is 0 Å². The Morgan fingerprint density at radius 3 is 1.88 bits per heavy atom. The van der Waals surface area contributed by atoms with Gasteiger partial charge in [0.25, 0.3) is 0 Å². The Labute approximate surface area is 240 Å². The lowest BCUT2D eigenvalue weighted by Crippen LogP contribution is -2.58. The Hall–Kier alpha value is -3.71. The first-order valence-corrected chi connectivity index (χ1v) is 14.1. The molecule has 0 spiro atoms. The maximum Gasteiger partial charge on any atom is 0.305 e. The van der Waals surface area contributed by atoms with Crippen molar-refractivity contribution in [3.05, 3.63) is 0 Å². The van der Waals surface area contributed by atoms with Gasteiger partial charge in [0.2, 0.25) is 35.4 Å². The Bertz CT molecular complexity index is 965. The topological polar surface area (TPSA) is 231 Å². The lowest BCUT2D eigenvalue weighted by molar-refractivity contribution is -0.142. The van der Waals surface area contributed by atoms with Gasteiger partial charge in [-0.25, -0.2) is 0 Å². The standard InChI is InChI=1S/C27H46N6O8/c1-15(2)12-18(24(29)38)30-26(40)20(14-23(36)37)31-25(39)19(13-17-8-6-5-7-9-17)32-27(41)21(10-11-22(28)35)33(4)16(3)34/h15,17-21H,5-14H2,1-4H3,(H2,28,35)(H2,29,38)(H,30,40)(H,31,39)(H,32,41)(H,36,37)/t18-,19-,20-,21-/m0/s1. The second-order valence-corrected chi connectivity index (χ2v) is 11.2. The molecule has 0 aromatic rings. The molecule has 1 saturated carbocycles. The van der Waals surface area contributed by atoms with E-state index in [1.807, 2.05) is 13.8 Å². The molecule has 1 fully saturated rings. The van der Waals surface area contributed by atoms with Crippen LogP contribution in [0.3, 0.4) is 0 Å². The number of hydrogen-bond donors (Lipinski definition) is 6. The smallest absolute Gasteiger partial charge is 0.305 e. The fourth-order valence-electron chi connectivity index (χ4n) is 4.90. The molecule has 0 aliphatic heterocycles. The average molecular weight is 583 g/mol. The molecule has 0 aromatic carbocycles. The van der Waals surface area contributed by atoms with Crippen molar-refractivity contribution in [3.63, 3.8) is 0 Å². The number of carboxylic acid groups (broad SMARTS) is 1. The molecule has 232 valence electrons. The van der Waals surface area contributed by atoms with E-state index in [4.69, 9.17) is 11.5 Å². The number of carbonyl (C=O) groups is 7. The number of carbonyl (C=O) groups excluding carboxylic acids is 6. The SMILES string of the molecule is CC(=O)N(C)[C@@H](CCC(N)=O)C(=O)N[C@@H](CC1CCCCC1)C(=O)N[C@@H](CC(=O)O)C(=O)N[C@@H](CC(C)C)C(N)=O. The molecule has 4 atom stereocenters. The third-order valence-electron chi connectivity index (χ3n) is 7.24. The van der Waals surface area contributed by atoms with Gasteiger partial charge in [0.05, 0.1) is 6.42 Å². The summed E-state index contributed by atoms with van der Waals surface area (Å²) in [5, 5.41) is 16.9. The van der Waals surface area contributed by atoms with Crippen LogP contribution in [0, 0.1) is 11.8 Å². The number of amides is 6. The lowest BCUT2D eigenvalue weighted by atomic mass is 9.84. The van der Waals surface area contributed by atoms with Gasteiger partial charge in [0.15, 0.2) is 0 Å². The first kappa shape index (κ1) is 35.3. The molecule has 14 nitrogen and oxygen atoms in total. The summed E-state index contributed by atoms with van der Waals surface area (Å²) in [4.78, 5) is 87.7. The van der Waals surface area contributed by atoms with Crippen LogP contribution < -0.4 is 27.4 Å². The third kappa shape index (κ3) is 13.0. The quantitative estimate of drug-likeness (QED) is 0.131. The summed E-state index contributed by atoms with van der Waals surface area (Å²) in [6, 6.07) is -4.87. The lowest BCUT2D eigenvalue weighted by Gasteiger charge is -2.31. The van der Waals surface area contributed by atoms with E-state index in [-0.39, 0.29) is 37.5 Å². The van der Waals surface area contributed by atoms with Crippen molar-refractivity contribution in [1.82, 2.24) is 20.9 Å². The maximum atomic E-state index is 13.5. The second kappa shape index (κ2) is 17.2. The number of rotatable bonds is 17. The highest BCUT2D eigenvalue weighted by atomic mass is 16.4. The van der Waals surface area contributed by atoms with Crippen molar-refractivity contribution in [3.8, 4) is 0 Å². The largest absolute Gasteiger partial charge is 0.481 e. The highest BCUT2D eigenvalue weighted by molar-refractivity contribution is 5.96. The summed E-state index contributed by atoms with van der Waals surface area (Å²) in [5.41, 5.74) is 10.6. The summed E-state index contributed by atoms with van der Waals surface area (Å²) >= 11 is 0. The van der Waals surface area contributed by atoms with E-state index in [1.165, 1.54) is 14.0 Å². The van der Waals surface area contributed by atoms with Gasteiger partial charge in [0, 0.05) is 20.4 Å². The average Bonchev–Trinajstić information content (AvgIpc) is 2.87. The highest BCUT2D eigenvalue weighted by Crippen LogP contribution is 2.27. The first-order chi connectivity index (χ1) is 19.1. The molecule has 0 radical (unpaired) electrons. The molecular weight excluding hydrogens is 536 g/mol. The van der Waals surface area contributed by atoms with Crippen LogP contribution in [0.5, 0.6) is 0 Å². The van der Waals surface area contributed by atoms with Gasteiger partial charge >= 0.3 is 5.97 Å². The van der Waals surface area contributed by atoms with Crippen molar-refractivity contribution in [2.24, 2.45) is 23.3 Å². The number of likely N-dealkylation sites (N-methyl/N-ethyl adjacent to an activating group) is 1. The normalized spacial score (nSPS) is 16.5. The summed E-state index contributed by atoms with van der Waals surface area (Å²) < 4.78 is 0. The van der Waals surface area contributed by atoms with Crippen LogP contribution in [0.2, 0.25) is 0 Å². The predicted molar refractivity (Wildman–Crippen MR) is 149 cm³/mol. The van der Waals surface area contributed by atoms with Crippen molar-refractivity contribution in [2.75, 3.05) is 7.05 Å². The molecular formula is C27H46N6O8. The summed E-state index contributed by atoms with van der Waals surface area (Å²) in [5.74, 6) is -5.56. The monoisotopic (exact) mass is 582 g/mol. The predicted octanol–water partition coefficient (Wildman–Crippen LogP) is -0.470. The van der Waals surface area contributed by atoms with Gasteiger partial charge in [0.1, 0.15) is 24.2 Å². The van der Waals surface area contributed by atoms with Gasteiger partial charge < -0.3 is 37.4 Å². The van der Waals surface area contributed by atoms with Crippen molar-refractivity contribution >= 4 is 41.4 Å². The van der Waals surface area contributed by atoms with Crippen LogP contribution in [0.25, 0.3) is 0 Å². The van der Waals surface area contributed by atoms with Gasteiger partial charge in [-0.05, 0) is 31.1 Å². The fourth-order valence-corrected chi connectivity index (χ4v) is 4.90. The minimum atomic E-state index is -1.55. The number of aliphatic carboxylic acids is 1. The molecule has 1 aliphatic rings. The van der Waals surface area contributed by atoms with Crippen molar-refractivity contribution in [1.29, 1.82) is 0 Å². The van der Waals surface area contributed by atoms with Crippen LogP contribution in [-0.2, 0) is 33.6 Å². The number of hydrogen-bond acceptors (Lipinski definition) is 7. The minimum Gasteiger partial charge on any atom is -0.481 e. The van der Waals surface area contributed by atoms with Gasteiger partial charge in [-0.15, -0.1) is 0 Å². The van der Waals surface area contributed by atoms with E-state index in [0.29, 0.717) is 0 Å². The first-order valence-electron chi connectivity index (χ1n) is 14.1. The van der Waals surface area contributed by atoms with E-state index < -0.39 is 72.0 Å². The molecule has 6 amide bonds. The Kier molecular flexibility index (Phi) is 14.8. The number of primary amides is 2. The second-order valence-electron chi connectivity index (χ2n) is 11.2. The molecule has 0 saturated heterocycles. The molecule has 0 heterocycles. The Morgan fingerprint density at radius 2 is 1.39 bits per heavy atom. The van der Waals surface area contributed by atoms with Gasteiger partial charge in [-0.3, -0.25) is 33.6 Å². The Balaban J connectivity index is 3.22. The summed E-state index contributed by atoms with van der Waals surface area (Å²) in [6.45, 7) is 4.89. The zero-order chi connectivity index (χ0) is 31.3. The van der Waals surface area contributed by atoms with Crippen molar-refractivity contribution < 1.29 is 38.7 Å². The highest BCUT2D eigenvalue weighted by Gasteiger charge is 2.34. The van der Waals surface area contributed by atoms with Crippen LogP contribution in [0.15, 0.2) is 0 Å². The van der Waals surface area contributed by atoms with Crippen LogP contribution in [0.4, 0.5) is 0 Å². The molecule has 1 rings (SSSR count). The van der Waals surface area contributed by atoms with Gasteiger partial charge in [-0.1, -0.05) is 46.0 Å². The van der Waals surface area contributed by atoms with Crippen LogP contribution in [-0.4, -0.2) is 82.6 Å². The number of nitrogens with one attached hydrogen (secondary N) is 3. The Morgan fingerprint density at radius 1 is 0.854 bits per heavy atom. The zero-order valence-electron chi connectivity index (χ0n) is 24.4. The fraction of sp³-hybridized carbons (Fsp3) is 0.741. The summed E-state index contributed by atoms with van der Waals surface area (Å²) in [6.07, 6.45) is 4.04. The molecule has 0 aromatic heterocycles. The molecule has 41 heavy (non-hydrogen) atoms. The maximum absolute atomic E-state index is 13.5. The number of nitrogens with zero attached hydrogens (tertiary/aromatic N) is 1. The summed E-state index contributed by atoms with van der Waals surface area (Å²) in [7, 11) is 1.39. The molecule has 14 heteroatoms. The van der Waals surface area contributed by atoms with E-state index >= 15 is 0 Å². The van der Waals surface area contributed by atoms with Crippen LogP contribution in [0.1, 0.15) is 85.0 Å². The van der Waals surface area contributed by atoms with E-state index in [0.717, 1.165) is 37.0 Å². The third-order valence-corrected chi connectivity index (χ3v) is 7.24. The van der Waals surface area contributed by atoms with E-state index in [2.05, 4.69) is 16.0 Å². The molecule has 8 N–H and O–H groups in total.